The minimum atomic E-state index is -0.913. The number of benzene rings is 3. The molecule has 0 heterocycles. The van der Waals surface area contributed by atoms with Crippen molar-refractivity contribution in [1.29, 1.82) is 0 Å². The van der Waals surface area contributed by atoms with Crippen molar-refractivity contribution < 1.29 is 14.4 Å². The largest absolute Gasteiger partial charge is 0.329 e. The summed E-state index contributed by atoms with van der Waals surface area (Å²) in [6.07, 6.45) is 0.845. The van der Waals surface area contributed by atoms with Crippen molar-refractivity contribution >= 4 is 34.8 Å². The third-order valence-electron chi connectivity index (χ3n) is 4.88. The van der Waals surface area contributed by atoms with Gasteiger partial charge in [0, 0.05) is 22.6 Å². The summed E-state index contributed by atoms with van der Waals surface area (Å²) in [6.45, 7) is 3.63. The van der Waals surface area contributed by atoms with Gasteiger partial charge >= 0.3 is 11.8 Å². The Morgan fingerprint density at radius 2 is 1.45 bits per heavy atom. The quantitative estimate of drug-likeness (QED) is 0.288. The van der Waals surface area contributed by atoms with Crippen LogP contribution in [0.4, 0.5) is 11.4 Å². The van der Waals surface area contributed by atoms with E-state index in [0.29, 0.717) is 17.1 Å². The van der Waals surface area contributed by atoms with Crippen LogP contribution in [-0.2, 0) is 20.8 Å². The minimum Gasteiger partial charge on any atom is -0.325 e. The summed E-state index contributed by atoms with van der Waals surface area (Å²) in [7, 11) is 0. The van der Waals surface area contributed by atoms with Crippen LogP contribution in [0.5, 0.6) is 0 Å². The van der Waals surface area contributed by atoms with Crippen LogP contribution in [0.25, 0.3) is 11.1 Å². The molecule has 0 atom stereocenters. The third-order valence-corrected chi connectivity index (χ3v) is 4.88. The van der Waals surface area contributed by atoms with Gasteiger partial charge in [0.05, 0.1) is 6.42 Å². The zero-order chi connectivity index (χ0) is 23.6. The standard InChI is InChI=1S/C26H26N4O3/c1-3-19-13-15-21(16-14-19)27-25(32)26(33)30-29-18(2)17-24(31)28-23-12-8-7-11-22(23)20-9-5-4-6-10-20/h4-16H,3,17H2,1-2H3,(H,27,32)(H,28,31)(H,30,33)/b29-18+. The van der Waals surface area contributed by atoms with Gasteiger partial charge in [-0.2, -0.15) is 5.10 Å². The predicted molar refractivity (Wildman–Crippen MR) is 131 cm³/mol. The topological polar surface area (TPSA) is 99.7 Å². The molecule has 0 bridgehead atoms. The molecule has 168 valence electrons. The second-order valence-electron chi connectivity index (χ2n) is 7.43. The average Bonchev–Trinajstić information content (AvgIpc) is 2.83. The van der Waals surface area contributed by atoms with Gasteiger partial charge in [-0.1, -0.05) is 67.6 Å². The first-order chi connectivity index (χ1) is 16.0. The second kappa shape index (κ2) is 11.4. The van der Waals surface area contributed by atoms with Gasteiger partial charge in [-0.25, -0.2) is 5.43 Å². The highest BCUT2D eigenvalue weighted by Gasteiger charge is 2.14. The molecular formula is C26H26N4O3. The smallest absolute Gasteiger partial charge is 0.325 e. The van der Waals surface area contributed by atoms with Crippen molar-refractivity contribution in [3.63, 3.8) is 0 Å². The van der Waals surface area contributed by atoms with Crippen molar-refractivity contribution in [3.05, 3.63) is 84.4 Å². The number of para-hydroxylation sites is 1. The van der Waals surface area contributed by atoms with Gasteiger partial charge in [0.1, 0.15) is 0 Å². The summed E-state index contributed by atoms with van der Waals surface area (Å²) in [6, 6.07) is 24.5. The summed E-state index contributed by atoms with van der Waals surface area (Å²) in [5.74, 6) is -2.03. The SMILES string of the molecule is CCc1ccc(NC(=O)C(=O)N/N=C(\C)CC(=O)Nc2ccccc2-c2ccccc2)cc1. The Balaban J connectivity index is 1.54. The lowest BCUT2D eigenvalue weighted by Crippen LogP contribution is -2.33. The average molecular weight is 443 g/mol. The van der Waals surface area contributed by atoms with Gasteiger partial charge < -0.3 is 10.6 Å². The molecule has 0 radical (unpaired) electrons. The van der Waals surface area contributed by atoms with E-state index in [1.807, 2.05) is 73.7 Å². The van der Waals surface area contributed by atoms with E-state index in [-0.39, 0.29) is 12.3 Å². The molecule has 0 saturated carbocycles. The molecule has 0 saturated heterocycles. The minimum absolute atomic E-state index is 0.0382. The molecule has 0 unspecified atom stereocenters. The molecule has 0 aliphatic carbocycles. The number of nitrogens with one attached hydrogen (secondary N) is 3. The van der Waals surface area contributed by atoms with Crippen LogP contribution in [-0.4, -0.2) is 23.4 Å². The first kappa shape index (κ1) is 23.4. The Hall–Kier alpha value is -4.26. The maximum absolute atomic E-state index is 12.5. The first-order valence-corrected chi connectivity index (χ1v) is 10.6. The fourth-order valence-corrected chi connectivity index (χ4v) is 3.14. The zero-order valence-corrected chi connectivity index (χ0v) is 18.6. The molecule has 0 aliphatic heterocycles. The molecule has 0 fully saturated rings. The van der Waals surface area contributed by atoms with E-state index in [0.717, 1.165) is 23.1 Å². The molecule has 0 aromatic heterocycles. The number of anilines is 2. The molecule has 7 nitrogen and oxygen atoms in total. The van der Waals surface area contributed by atoms with Crippen LogP contribution in [0.3, 0.4) is 0 Å². The van der Waals surface area contributed by atoms with E-state index in [1.165, 1.54) is 0 Å². The zero-order valence-electron chi connectivity index (χ0n) is 18.6. The van der Waals surface area contributed by atoms with Crippen LogP contribution < -0.4 is 16.1 Å². The number of hydrazone groups is 1. The van der Waals surface area contributed by atoms with E-state index in [1.54, 1.807) is 19.1 Å². The number of carbonyl (C=O) groups is 3. The normalized spacial score (nSPS) is 10.9. The number of nitrogens with zero attached hydrogens (tertiary/aromatic N) is 1. The number of aryl methyl sites for hydroxylation is 1. The Morgan fingerprint density at radius 3 is 2.15 bits per heavy atom. The fraction of sp³-hybridized carbons (Fsp3) is 0.154. The summed E-state index contributed by atoms with van der Waals surface area (Å²) in [4.78, 5) is 36.6. The molecule has 33 heavy (non-hydrogen) atoms. The molecule has 3 rings (SSSR count). The Bertz CT molecular complexity index is 1160. The Kier molecular flexibility index (Phi) is 8.07. The van der Waals surface area contributed by atoms with Gasteiger partial charge in [0.15, 0.2) is 0 Å². The highest BCUT2D eigenvalue weighted by atomic mass is 16.2. The van der Waals surface area contributed by atoms with Gasteiger partial charge in [-0.3, -0.25) is 14.4 Å². The maximum atomic E-state index is 12.5. The number of carbonyl (C=O) groups excluding carboxylic acids is 3. The van der Waals surface area contributed by atoms with Crippen LogP contribution in [0, 0.1) is 0 Å². The van der Waals surface area contributed by atoms with Crippen molar-refractivity contribution in [2.45, 2.75) is 26.7 Å². The van der Waals surface area contributed by atoms with Crippen LogP contribution >= 0.6 is 0 Å². The Morgan fingerprint density at radius 1 is 0.788 bits per heavy atom. The number of rotatable bonds is 7. The highest BCUT2D eigenvalue weighted by Crippen LogP contribution is 2.27. The molecule has 3 aromatic rings. The van der Waals surface area contributed by atoms with Crippen LogP contribution in [0.15, 0.2) is 84.0 Å². The molecule has 3 aromatic carbocycles. The molecule has 0 spiro atoms. The first-order valence-electron chi connectivity index (χ1n) is 10.6. The van der Waals surface area contributed by atoms with E-state index in [4.69, 9.17) is 0 Å². The number of hydrogen-bond acceptors (Lipinski definition) is 4. The molecule has 0 aliphatic rings. The molecular weight excluding hydrogens is 416 g/mol. The van der Waals surface area contributed by atoms with Gasteiger partial charge in [-0.15, -0.1) is 0 Å². The van der Waals surface area contributed by atoms with E-state index >= 15 is 0 Å². The predicted octanol–water partition coefficient (Wildman–Crippen LogP) is 4.38. The summed E-state index contributed by atoms with van der Waals surface area (Å²) in [5, 5.41) is 9.26. The van der Waals surface area contributed by atoms with E-state index < -0.39 is 11.8 Å². The lowest BCUT2D eigenvalue weighted by molar-refractivity contribution is -0.136. The van der Waals surface area contributed by atoms with Crippen molar-refractivity contribution in [3.8, 4) is 11.1 Å². The summed E-state index contributed by atoms with van der Waals surface area (Å²) < 4.78 is 0. The fourth-order valence-electron chi connectivity index (χ4n) is 3.14. The second-order valence-corrected chi connectivity index (χ2v) is 7.43. The van der Waals surface area contributed by atoms with Gasteiger partial charge in [-0.05, 0) is 42.7 Å². The van der Waals surface area contributed by atoms with Crippen LogP contribution in [0.2, 0.25) is 0 Å². The molecule has 3 N–H and O–H groups in total. The molecule has 3 amide bonds. The maximum Gasteiger partial charge on any atom is 0.329 e. The summed E-state index contributed by atoms with van der Waals surface area (Å²) in [5.41, 5.74) is 6.76. The number of amides is 3. The lowest BCUT2D eigenvalue weighted by Gasteiger charge is -2.11. The highest BCUT2D eigenvalue weighted by molar-refractivity contribution is 6.39. The Labute approximate surface area is 192 Å². The monoisotopic (exact) mass is 442 g/mol. The van der Waals surface area contributed by atoms with Gasteiger partial charge in [0.25, 0.3) is 0 Å². The van der Waals surface area contributed by atoms with Crippen LogP contribution in [0.1, 0.15) is 25.8 Å². The van der Waals surface area contributed by atoms with E-state index in [9.17, 15) is 14.4 Å². The molecule has 7 heteroatoms. The lowest BCUT2D eigenvalue weighted by atomic mass is 10.0. The number of hydrogen-bond donors (Lipinski definition) is 3. The van der Waals surface area contributed by atoms with E-state index in [2.05, 4.69) is 21.2 Å². The van der Waals surface area contributed by atoms with Crippen molar-refractivity contribution in [2.75, 3.05) is 10.6 Å². The third kappa shape index (κ3) is 6.87. The van der Waals surface area contributed by atoms with Crippen molar-refractivity contribution in [2.24, 2.45) is 5.10 Å². The van der Waals surface area contributed by atoms with Crippen molar-refractivity contribution in [1.82, 2.24) is 5.43 Å². The van der Waals surface area contributed by atoms with Gasteiger partial charge in [0.2, 0.25) is 5.91 Å². The summed E-state index contributed by atoms with van der Waals surface area (Å²) >= 11 is 0.